The van der Waals surface area contributed by atoms with Crippen molar-refractivity contribution in [3.8, 4) is 11.5 Å². The molecule has 84 valence electrons. The number of imidazole rings is 1. The van der Waals surface area contributed by atoms with Gasteiger partial charge in [0.15, 0.2) is 11.5 Å². The second kappa shape index (κ2) is 4.70. The standard InChI is InChI=1S/C12H14N2O2/c1-15-10-4-3-9(7-11(10)16-2)8-12-13-5-6-14-12/h3-7H,8H2,1-2H3,(H,13,14). The summed E-state index contributed by atoms with van der Waals surface area (Å²) in [6.07, 6.45) is 4.32. The third-order valence-electron chi connectivity index (χ3n) is 2.37. The molecule has 0 aliphatic rings. The first kappa shape index (κ1) is 10.5. The van der Waals surface area contributed by atoms with E-state index in [0.717, 1.165) is 29.3 Å². The summed E-state index contributed by atoms with van der Waals surface area (Å²) in [5.41, 5.74) is 1.13. The van der Waals surface area contributed by atoms with Crippen LogP contribution in [0.3, 0.4) is 0 Å². The molecule has 2 rings (SSSR count). The van der Waals surface area contributed by atoms with Gasteiger partial charge in [-0.3, -0.25) is 0 Å². The summed E-state index contributed by atoms with van der Waals surface area (Å²) in [6.45, 7) is 0. The average Bonchev–Trinajstić information content (AvgIpc) is 2.81. The molecule has 0 fully saturated rings. The minimum absolute atomic E-state index is 0.741. The van der Waals surface area contributed by atoms with Crippen LogP contribution in [0.15, 0.2) is 30.6 Å². The maximum Gasteiger partial charge on any atom is 0.161 e. The van der Waals surface area contributed by atoms with Gasteiger partial charge in [0.2, 0.25) is 0 Å². The van der Waals surface area contributed by atoms with Crippen LogP contribution in [0, 0.1) is 0 Å². The second-order valence-electron chi connectivity index (χ2n) is 3.40. The fourth-order valence-corrected chi connectivity index (χ4v) is 1.58. The quantitative estimate of drug-likeness (QED) is 0.854. The number of aromatic amines is 1. The Morgan fingerprint density at radius 3 is 2.62 bits per heavy atom. The summed E-state index contributed by atoms with van der Waals surface area (Å²) in [4.78, 5) is 7.25. The van der Waals surface area contributed by atoms with Gasteiger partial charge in [0.05, 0.1) is 14.2 Å². The highest BCUT2D eigenvalue weighted by Gasteiger charge is 2.05. The minimum Gasteiger partial charge on any atom is -0.493 e. The summed E-state index contributed by atoms with van der Waals surface area (Å²) in [6, 6.07) is 5.86. The van der Waals surface area contributed by atoms with E-state index in [2.05, 4.69) is 9.97 Å². The molecule has 0 aliphatic carbocycles. The van der Waals surface area contributed by atoms with Crippen molar-refractivity contribution in [2.45, 2.75) is 6.42 Å². The largest absolute Gasteiger partial charge is 0.493 e. The van der Waals surface area contributed by atoms with Crippen molar-refractivity contribution < 1.29 is 9.47 Å². The van der Waals surface area contributed by atoms with E-state index in [1.807, 2.05) is 24.4 Å². The molecule has 0 unspecified atom stereocenters. The molecule has 0 radical (unpaired) electrons. The maximum absolute atomic E-state index is 5.24. The number of benzene rings is 1. The number of nitrogens with zero attached hydrogens (tertiary/aromatic N) is 1. The molecule has 1 N–H and O–H groups in total. The molecule has 0 saturated carbocycles. The lowest BCUT2D eigenvalue weighted by Gasteiger charge is -2.08. The number of rotatable bonds is 4. The van der Waals surface area contributed by atoms with E-state index >= 15 is 0 Å². The van der Waals surface area contributed by atoms with E-state index in [0.29, 0.717) is 0 Å². The Morgan fingerprint density at radius 1 is 1.19 bits per heavy atom. The van der Waals surface area contributed by atoms with Crippen LogP contribution in [0.4, 0.5) is 0 Å². The highest BCUT2D eigenvalue weighted by molar-refractivity contribution is 5.43. The second-order valence-corrected chi connectivity index (χ2v) is 3.40. The van der Waals surface area contributed by atoms with Crippen molar-refractivity contribution in [1.29, 1.82) is 0 Å². The molecule has 4 heteroatoms. The van der Waals surface area contributed by atoms with Gasteiger partial charge in [-0.05, 0) is 17.7 Å². The average molecular weight is 218 g/mol. The van der Waals surface area contributed by atoms with E-state index in [-0.39, 0.29) is 0 Å². The lowest BCUT2D eigenvalue weighted by Crippen LogP contribution is -1.94. The van der Waals surface area contributed by atoms with Crippen LogP contribution in [-0.4, -0.2) is 24.2 Å². The zero-order valence-electron chi connectivity index (χ0n) is 9.36. The Morgan fingerprint density at radius 2 is 2.00 bits per heavy atom. The molecule has 1 heterocycles. The molecule has 1 aromatic heterocycles. The van der Waals surface area contributed by atoms with Crippen molar-refractivity contribution in [2.24, 2.45) is 0 Å². The van der Waals surface area contributed by atoms with Crippen LogP contribution in [0.1, 0.15) is 11.4 Å². The number of ether oxygens (including phenoxy) is 2. The first-order valence-corrected chi connectivity index (χ1v) is 5.02. The monoisotopic (exact) mass is 218 g/mol. The zero-order chi connectivity index (χ0) is 11.4. The van der Waals surface area contributed by atoms with Crippen LogP contribution in [0.5, 0.6) is 11.5 Å². The Labute approximate surface area is 94.2 Å². The van der Waals surface area contributed by atoms with Gasteiger partial charge in [0.25, 0.3) is 0 Å². The first-order valence-electron chi connectivity index (χ1n) is 5.02. The van der Waals surface area contributed by atoms with Gasteiger partial charge in [-0.25, -0.2) is 4.98 Å². The van der Waals surface area contributed by atoms with Gasteiger partial charge in [-0.2, -0.15) is 0 Å². The lowest BCUT2D eigenvalue weighted by molar-refractivity contribution is 0.354. The topological polar surface area (TPSA) is 47.1 Å². The molecular weight excluding hydrogens is 204 g/mol. The molecule has 0 atom stereocenters. The fraction of sp³-hybridized carbons (Fsp3) is 0.250. The zero-order valence-corrected chi connectivity index (χ0v) is 9.36. The van der Waals surface area contributed by atoms with E-state index in [4.69, 9.17) is 9.47 Å². The number of hydrogen-bond donors (Lipinski definition) is 1. The van der Waals surface area contributed by atoms with Crippen molar-refractivity contribution >= 4 is 0 Å². The summed E-state index contributed by atoms with van der Waals surface area (Å²) in [5.74, 6) is 2.42. The van der Waals surface area contributed by atoms with Gasteiger partial charge < -0.3 is 14.5 Å². The Kier molecular flexibility index (Phi) is 3.10. The Balaban J connectivity index is 2.22. The van der Waals surface area contributed by atoms with Crippen molar-refractivity contribution in [3.05, 3.63) is 42.0 Å². The molecule has 2 aromatic rings. The van der Waals surface area contributed by atoms with Crippen LogP contribution >= 0.6 is 0 Å². The van der Waals surface area contributed by atoms with Gasteiger partial charge >= 0.3 is 0 Å². The van der Waals surface area contributed by atoms with Crippen LogP contribution < -0.4 is 9.47 Å². The van der Waals surface area contributed by atoms with E-state index in [1.54, 1.807) is 20.4 Å². The first-order chi connectivity index (χ1) is 7.83. The lowest BCUT2D eigenvalue weighted by atomic mass is 10.1. The number of methoxy groups -OCH3 is 2. The van der Waals surface area contributed by atoms with E-state index < -0.39 is 0 Å². The van der Waals surface area contributed by atoms with Crippen molar-refractivity contribution in [1.82, 2.24) is 9.97 Å². The van der Waals surface area contributed by atoms with E-state index in [9.17, 15) is 0 Å². The summed E-state index contributed by atoms with van der Waals surface area (Å²) >= 11 is 0. The normalized spacial score (nSPS) is 10.1. The third kappa shape index (κ3) is 2.16. The highest BCUT2D eigenvalue weighted by Crippen LogP contribution is 2.28. The Bertz CT molecular complexity index is 452. The smallest absolute Gasteiger partial charge is 0.161 e. The van der Waals surface area contributed by atoms with Crippen molar-refractivity contribution in [3.63, 3.8) is 0 Å². The van der Waals surface area contributed by atoms with Crippen LogP contribution in [0.2, 0.25) is 0 Å². The number of H-pyrrole nitrogens is 1. The van der Waals surface area contributed by atoms with Gasteiger partial charge in [0, 0.05) is 18.8 Å². The molecule has 4 nitrogen and oxygen atoms in total. The predicted octanol–water partition coefficient (Wildman–Crippen LogP) is 2.02. The fourth-order valence-electron chi connectivity index (χ4n) is 1.58. The van der Waals surface area contributed by atoms with Crippen LogP contribution in [0.25, 0.3) is 0 Å². The molecule has 0 spiro atoms. The van der Waals surface area contributed by atoms with Gasteiger partial charge in [-0.15, -0.1) is 0 Å². The summed E-state index contributed by atoms with van der Waals surface area (Å²) in [7, 11) is 3.26. The van der Waals surface area contributed by atoms with Crippen LogP contribution in [-0.2, 0) is 6.42 Å². The minimum atomic E-state index is 0.741. The molecule has 1 aromatic carbocycles. The molecule has 0 saturated heterocycles. The highest BCUT2D eigenvalue weighted by atomic mass is 16.5. The summed E-state index contributed by atoms with van der Waals surface area (Å²) < 4.78 is 10.4. The number of aromatic nitrogens is 2. The SMILES string of the molecule is COc1ccc(Cc2ncc[nH]2)cc1OC. The molecule has 0 amide bonds. The predicted molar refractivity (Wildman–Crippen MR) is 60.9 cm³/mol. The number of nitrogens with one attached hydrogen (secondary N) is 1. The molecule has 0 aliphatic heterocycles. The summed E-state index contributed by atoms with van der Waals surface area (Å²) in [5, 5.41) is 0. The van der Waals surface area contributed by atoms with Crippen molar-refractivity contribution in [2.75, 3.05) is 14.2 Å². The van der Waals surface area contributed by atoms with E-state index in [1.165, 1.54) is 0 Å². The number of hydrogen-bond acceptors (Lipinski definition) is 3. The maximum atomic E-state index is 5.24. The molecular formula is C12H14N2O2. The third-order valence-corrected chi connectivity index (χ3v) is 2.37. The Hall–Kier alpha value is -1.97. The van der Waals surface area contributed by atoms with Gasteiger partial charge in [0.1, 0.15) is 5.82 Å². The van der Waals surface area contributed by atoms with Gasteiger partial charge in [-0.1, -0.05) is 6.07 Å². The molecule has 0 bridgehead atoms. The molecule has 16 heavy (non-hydrogen) atoms.